The normalized spacial score (nSPS) is 15.9. The lowest BCUT2D eigenvalue weighted by Gasteiger charge is -2.38. The van der Waals surface area contributed by atoms with E-state index in [0.29, 0.717) is 32.2 Å². The summed E-state index contributed by atoms with van der Waals surface area (Å²) in [6.07, 6.45) is 3.75. The molecular formula is C30H50ClN9O6. The fourth-order valence-electron chi connectivity index (χ4n) is 5.16. The molecule has 0 unspecified atom stereocenters. The molecule has 0 radical (unpaired) electrons. The third-order valence-corrected chi connectivity index (χ3v) is 7.84. The Bertz CT molecular complexity index is 1160. The minimum Gasteiger partial charge on any atom is -0.465 e. The van der Waals surface area contributed by atoms with Gasteiger partial charge in [0.25, 0.3) is 5.91 Å². The highest BCUT2D eigenvalue weighted by Crippen LogP contribution is 2.23. The lowest BCUT2D eigenvalue weighted by molar-refractivity contribution is -0.144. The van der Waals surface area contributed by atoms with E-state index >= 15 is 0 Å². The summed E-state index contributed by atoms with van der Waals surface area (Å²) in [6.45, 7) is 12.2. The number of carbonyl (C=O) groups excluding carboxylic acids is 4. The number of hydrazine groups is 1. The summed E-state index contributed by atoms with van der Waals surface area (Å²) in [6, 6.07) is 3.04. The molecule has 3 amide bonds. The molecule has 3 rings (SSSR count). The smallest absolute Gasteiger partial charge is 0.410 e. The lowest BCUT2D eigenvalue weighted by Crippen LogP contribution is -2.50. The van der Waals surface area contributed by atoms with Gasteiger partial charge in [-0.1, -0.05) is 25.4 Å². The number of anilines is 1. The fourth-order valence-corrected chi connectivity index (χ4v) is 5.36. The molecule has 0 saturated carbocycles. The number of aromatic nitrogens is 1. The number of likely N-dealkylation sites (tertiary alicyclic amines) is 1. The van der Waals surface area contributed by atoms with Crippen molar-refractivity contribution in [1.29, 1.82) is 0 Å². The van der Waals surface area contributed by atoms with E-state index in [1.54, 1.807) is 4.90 Å². The maximum atomic E-state index is 13.2. The summed E-state index contributed by atoms with van der Waals surface area (Å²) in [5, 5.41) is 3.86. The van der Waals surface area contributed by atoms with Gasteiger partial charge in [-0.25, -0.2) is 15.6 Å². The molecule has 0 aromatic carbocycles. The van der Waals surface area contributed by atoms with Gasteiger partial charge in [0, 0.05) is 64.8 Å². The van der Waals surface area contributed by atoms with E-state index < -0.39 is 12.0 Å². The van der Waals surface area contributed by atoms with Gasteiger partial charge < -0.3 is 35.3 Å². The van der Waals surface area contributed by atoms with Crippen LogP contribution >= 0.6 is 11.6 Å². The molecule has 5 N–H and O–H groups in total. The first-order valence-electron chi connectivity index (χ1n) is 15.7. The van der Waals surface area contributed by atoms with Gasteiger partial charge in [0.1, 0.15) is 12.2 Å². The number of nitrogens with one attached hydrogen (secondary N) is 1. The van der Waals surface area contributed by atoms with Crippen molar-refractivity contribution in [2.24, 2.45) is 17.5 Å². The fraction of sp³-hybridized carbons (Fsp3) is 0.633. The van der Waals surface area contributed by atoms with Gasteiger partial charge in [-0.05, 0) is 37.8 Å². The molecule has 2 saturated heterocycles. The van der Waals surface area contributed by atoms with Crippen LogP contribution in [0.25, 0.3) is 0 Å². The molecule has 0 spiro atoms. The summed E-state index contributed by atoms with van der Waals surface area (Å²) in [5.41, 5.74) is 5.71. The molecule has 3 heterocycles. The lowest BCUT2D eigenvalue weighted by atomic mass is 9.95. The maximum Gasteiger partial charge on any atom is 0.410 e. The monoisotopic (exact) mass is 667 g/mol. The molecule has 2 aliphatic heterocycles. The van der Waals surface area contributed by atoms with E-state index in [2.05, 4.69) is 20.1 Å². The first-order chi connectivity index (χ1) is 22.1. The summed E-state index contributed by atoms with van der Waals surface area (Å²) in [7, 11) is 1.21. The zero-order chi connectivity index (χ0) is 34.1. The number of hydrogen-bond acceptors (Lipinski definition) is 12. The molecule has 0 atom stereocenters. The molecule has 2 fully saturated rings. The number of piperazine rings is 1. The Hall–Kier alpha value is -3.66. The Balaban J connectivity index is 0.00000361. The van der Waals surface area contributed by atoms with Crippen molar-refractivity contribution in [3.63, 3.8) is 0 Å². The number of pyridine rings is 1. The Morgan fingerprint density at radius 3 is 2.30 bits per heavy atom. The highest BCUT2D eigenvalue weighted by atomic mass is 35.5. The molecule has 258 valence electrons. The number of nitrogens with two attached hydrogens (primary N) is 2. The Labute approximate surface area is 276 Å². The van der Waals surface area contributed by atoms with Gasteiger partial charge in [0.05, 0.1) is 32.5 Å². The number of methoxy groups -OCH3 is 1. The van der Waals surface area contributed by atoms with Crippen LogP contribution < -0.4 is 16.9 Å². The highest BCUT2D eigenvalue weighted by molar-refractivity contribution is 6.32. The van der Waals surface area contributed by atoms with Crippen LogP contribution in [0.2, 0.25) is 5.15 Å². The van der Waals surface area contributed by atoms with E-state index in [4.69, 9.17) is 32.7 Å². The highest BCUT2D eigenvalue weighted by Gasteiger charge is 2.28. The largest absolute Gasteiger partial charge is 0.465 e. The van der Waals surface area contributed by atoms with Crippen molar-refractivity contribution in [3.05, 3.63) is 35.4 Å². The van der Waals surface area contributed by atoms with Crippen LogP contribution in [0.4, 0.5) is 10.5 Å². The number of nitrogens with zero attached hydrogens (tertiary/aromatic N) is 6. The van der Waals surface area contributed by atoms with Gasteiger partial charge in [0.2, 0.25) is 5.91 Å². The van der Waals surface area contributed by atoms with Crippen molar-refractivity contribution < 1.29 is 28.7 Å². The molecule has 46 heavy (non-hydrogen) atoms. The number of esters is 1. The van der Waals surface area contributed by atoms with Gasteiger partial charge in [0.15, 0.2) is 5.15 Å². The van der Waals surface area contributed by atoms with Crippen LogP contribution in [-0.4, -0.2) is 139 Å². The van der Waals surface area contributed by atoms with Gasteiger partial charge in [-0.15, -0.1) is 0 Å². The van der Waals surface area contributed by atoms with Gasteiger partial charge >= 0.3 is 12.1 Å². The Kier molecular flexibility index (Phi) is 17.1. The predicted molar refractivity (Wildman–Crippen MR) is 176 cm³/mol. The third kappa shape index (κ3) is 12.6. The average Bonchev–Trinajstić information content (AvgIpc) is 3.05. The summed E-state index contributed by atoms with van der Waals surface area (Å²) < 4.78 is 9.80. The number of piperidine rings is 1. The predicted octanol–water partition coefficient (Wildman–Crippen LogP) is 1.41. The van der Waals surface area contributed by atoms with Crippen LogP contribution in [0.5, 0.6) is 0 Å². The quantitative estimate of drug-likeness (QED) is 0.119. The maximum absolute atomic E-state index is 13.2. The molecule has 1 aromatic heterocycles. The van der Waals surface area contributed by atoms with Crippen LogP contribution in [0.15, 0.2) is 24.5 Å². The number of ether oxygens (including phenoxy) is 2. The zero-order valence-corrected chi connectivity index (χ0v) is 28.2. The van der Waals surface area contributed by atoms with E-state index in [0.717, 1.165) is 45.6 Å². The zero-order valence-electron chi connectivity index (χ0n) is 27.5. The second-order valence-electron chi connectivity index (χ2n) is 10.7. The molecule has 2 aliphatic rings. The number of rotatable bonds is 13. The topological polar surface area (TPSA) is 180 Å². The minimum atomic E-state index is -0.701. The van der Waals surface area contributed by atoms with Crippen molar-refractivity contribution in [2.45, 2.75) is 33.6 Å². The number of hydrogen-bond donors (Lipinski definition) is 3. The SMILES string of the molecule is CC.CCOC(=O)CN1CCN(CC2CCN(C(=O)c3ccc(NC(=O)CN(CCN(N)/C=C\N)C(=O)OC)c(Cl)n3)CC2)CC1. The second-order valence-corrected chi connectivity index (χ2v) is 11.0. The number of halogens is 1. The Morgan fingerprint density at radius 2 is 1.72 bits per heavy atom. The van der Waals surface area contributed by atoms with E-state index in [1.165, 1.54) is 41.6 Å². The van der Waals surface area contributed by atoms with Gasteiger partial charge in [-0.2, -0.15) is 0 Å². The molecule has 15 nitrogen and oxygen atoms in total. The standard InChI is InChI=1S/C28H44ClN9O6.C2H6/c1-3-44-25(40)20-35-14-12-34(13-15-35)18-21-6-9-36(10-7-21)27(41)23-5-4-22(26(29)33-23)32-24(39)19-37(28(42)43-2)16-17-38(31)11-8-30;1-2/h4-5,8,11,21H,3,6-7,9-10,12-20,30-31H2,1-2H3,(H,32,39);1-2H3/b11-8-;. The second kappa shape index (κ2) is 20.5. The van der Waals surface area contributed by atoms with Crippen molar-refractivity contribution >= 4 is 41.2 Å². The average molecular weight is 668 g/mol. The van der Waals surface area contributed by atoms with Crippen LogP contribution in [0, 0.1) is 5.92 Å². The van der Waals surface area contributed by atoms with Crippen LogP contribution in [0.1, 0.15) is 44.1 Å². The Morgan fingerprint density at radius 1 is 1.07 bits per heavy atom. The molecule has 16 heteroatoms. The van der Waals surface area contributed by atoms with Crippen molar-refractivity contribution in [3.8, 4) is 0 Å². The molecule has 0 bridgehead atoms. The van der Waals surface area contributed by atoms with Crippen molar-refractivity contribution in [2.75, 3.05) is 91.0 Å². The van der Waals surface area contributed by atoms with E-state index in [-0.39, 0.29) is 48.0 Å². The van der Waals surface area contributed by atoms with Crippen molar-refractivity contribution in [1.82, 2.24) is 29.6 Å². The molecular weight excluding hydrogens is 618 g/mol. The third-order valence-electron chi connectivity index (χ3n) is 7.56. The minimum absolute atomic E-state index is 0.0352. The van der Waals surface area contributed by atoms with Gasteiger partial charge in [-0.3, -0.25) is 24.2 Å². The summed E-state index contributed by atoms with van der Waals surface area (Å²) >= 11 is 6.33. The number of amides is 3. The van der Waals surface area contributed by atoms with E-state index in [9.17, 15) is 19.2 Å². The van der Waals surface area contributed by atoms with Crippen LogP contribution in [0.3, 0.4) is 0 Å². The summed E-state index contributed by atoms with van der Waals surface area (Å²) in [4.78, 5) is 61.4. The van der Waals surface area contributed by atoms with E-state index in [1.807, 2.05) is 20.8 Å². The first kappa shape index (κ1) is 38.5. The summed E-state index contributed by atoms with van der Waals surface area (Å²) in [5.74, 6) is 5.29. The van der Waals surface area contributed by atoms with Crippen LogP contribution in [-0.2, 0) is 19.1 Å². The molecule has 1 aromatic rings. The molecule has 0 aliphatic carbocycles. The number of carbonyl (C=O) groups is 4. The first-order valence-corrected chi connectivity index (χ1v) is 16.1.